The predicted octanol–water partition coefficient (Wildman–Crippen LogP) is -2.03. The molecule has 0 bridgehead atoms. The van der Waals surface area contributed by atoms with E-state index in [2.05, 4.69) is 16.0 Å². The van der Waals surface area contributed by atoms with Crippen LogP contribution in [0.15, 0.2) is 30.3 Å². The zero-order valence-corrected chi connectivity index (χ0v) is 17.6. The Morgan fingerprint density at radius 2 is 1.50 bits per heavy atom. The second-order valence-corrected chi connectivity index (χ2v) is 7.25. The molecule has 5 unspecified atom stereocenters. The molecule has 176 valence electrons. The molecular formula is C20H28N4O8. The number of amides is 3. The Hall–Kier alpha value is -3.51. The van der Waals surface area contributed by atoms with Crippen LogP contribution in [0.4, 0.5) is 0 Å². The van der Waals surface area contributed by atoms with Crippen LogP contribution in [0.3, 0.4) is 0 Å². The fourth-order valence-corrected chi connectivity index (χ4v) is 2.66. The maximum Gasteiger partial charge on any atom is 0.326 e. The predicted molar refractivity (Wildman–Crippen MR) is 111 cm³/mol. The topological polar surface area (TPSA) is 208 Å². The lowest BCUT2D eigenvalue weighted by molar-refractivity contribution is -0.142. The molecule has 3 amide bonds. The third kappa shape index (κ3) is 8.70. The van der Waals surface area contributed by atoms with Crippen molar-refractivity contribution in [3.8, 4) is 0 Å². The summed E-state index contributed by atoms with van der Waals surface area (Å²) >= 11 is 0. The molecule has 1 aromatic rings. The third-order valence-electron chi connectivity index (χ3n) is 4.44. The Morgan fingerprint density at radius 1 is 0.906 bits per heavy atom. The number of aliphatic hydroxyl groups excluding tert-OH is 1. The summed E-state index contributed by atoms with van der Waals surface area (Å²) in [4.78, 5) is 59.0. The van der Waals surface area contributed by atoms with Crippen molar-refractivity contribution in [2.75, 3.05) is 0 Å². The number of hydrogen-bond acceptors (Lipinski definition) is 7. The van der Waals surface area contributed by atoms with Crippen molar-refractivity contribution in [3.05, 3.63) is 35.9 Å². The Morgan fingerprint density at radius 3 is 2.00 bits per heavy atom. The van der Waals surface area contributed by atoms with E-state index < -0.39 is 66.4 Å². The molecule has 0 radical (unpaired) electrons. The standard InChI is InChI=1S/C20H28N4O8/c1-10(17(28)23-14(20(31)32)8-12-6-4-3-5-7-12)22-19(30)16(11(2)25)24-18(29)13(21)9-15(26)27/h3-7,10-11,13-14,16,25H,8-9,21H2,1-2H3,(H,22,30)(H,23,28)(H,24,29)(H,26,27)(H,31,32). The first-order chi connectivity index (χ1) is 14.9. The molecule has 0 aliphatic carbocycles. The minimum absolute atomic E-state index is 0.0242. The number of carbonyl (C=O) groups excluding carboxylic acids is 3. The number of aliphatic hydroxyl groups is 1. The second-order valence-electron chi connectivity index (χ2n) is 7.25. The van der Waals surface area contributed by atoms with Crippen molar-refractivity contribution >= 4 is 29.7 Å². The summed E-state index contributed by atoms with van der Waals surface area (Å²) in [6.45, 7) is 2.50. The first kappa shape index (κ1) is 26.5. The largest absolute Gasteiger partial charge is 0.481 e. The fourth-order valence-electron chi connectivity index (χ4n) is 2.66. The zero-order valence-electron chi connectivity index (χ0n) is 17.6. The highest BCUT2D eigenvalue weighted by Gasteiger charge is 2.31. The van der Waals surface area contributed by atoms with Gasteiger partial charge < -0.3 is 37.0 Å². The van der Waals surface area contributed by atoms with Gasteiger partial charge in [0.2, 0.25) is 17.7 Å². The molecule has 0 aliphatic rings. The van der Waals surface area contributed by atoms with Gasteiger partial charge in [-0.15, -0.1) is 0 Å². The molecule has 5 atom stereocenters. The number of hydrogen-bond donors (Lipinski definition) is 7. The molecule has 1 aromatic carbocycles. The van der Waals surface area contributed by atoms with Crippen LogP contribution in [0, 0.1) is 0 Å². The van der Waals surface area contributed by atoms with E-state index in [1.165, 1.54) is 13.8 Å². The minimum atomic E-state index is -1.52. The highest BCUT2D eigenvalue weighted by atomic mass is 16.4. The van der Waals surface area contributed by atoms with E-state index in [0.717, 1.165) is 0 Å². The molecule has 12 nitrogen and oxygen atoms in total. The van der Waals surface area contributed by atoms with Gasteiger partial charge in [0.05, 0.1) is 18.6 Å². The average molecular weight is 452 g/mol. The number of benzene rings is 1. The molecule has 0 aromatic heterocycles. The lowest BCUT2D eigenvalue weighted by atomic mass is 10.1. The molecule has 0 heterocycles. The summed E-state index contributed by atoms with van der Waals surface area (Å²) in [5.74, 6) is -5.28. The van der Waals surface area contributed by atoms with Crippen molar-refractivity contribution in [2.45, 2.75) is 57.0 Å². The van der Waals surface area contributed by atoms with Gasteiger partial charge in [-0.2, -0.15) is 0 Å². The number of rotatable bonds is 12. The van der Waals surface area contributed by atoms with Crippen molar-refractivity contribution in [1.82, 2.24) is 16.0 Å². The number of carboxylic acid groups (broad SMARTS) is 2. The third-order valence-corrected chi connectivity index (χ3v) is 4.44. The summed E-state index contributed by atoms with van der Waals surface area (Å²) in [6.07, 6.45) is -2.05. The zero-order chi connectivity index (χ0) is 24.4. The summed E-state index contributed by atoms with van der Waals surface area (Å²) in [7, 11) is 0. The normalized spacial score (nSPS) is 15.4. The molecule has 0 aliphatic heterocycles. The number of carboxylic acids is 2. The van der Waals surface area contributed by atoms with Gasteiger partial charge in [0.1, 0.15) is 18.1 Å². The van der Waals surface area contributed by atoms with Gasteiger partial charge >= 0.3 is 11.9 Å². The molecule has 32 heavy (non-hydrogen) atoms. The highest BCUT2D eigenvalue weighted by molar-refractivity contribution is 5.94. The summed E-state index contributed by atoms with van der Waals surface area (Å²) in [5.41, 5.74) is 6.12. The van der Waals surface area contributed by atoms with Crippen LogP contribution >= 0.6 is 0 Å². The summed E-state index contributed by atoms with van der Waals surface area (Å²) in [5, 5.41) is 34.6. The van der Waals surface area contributed by atoms with Gasteiger partial charge in [0.15, 0.2) is 0 Å². The number of aliphatic carboxylic acids is 2. The maximum absolute atomic E-state index is 12.5. The number of carbonyl (C=O) groups is 5. The minimum Gasteiger partial charge on any atom is -0.481 e. The molecule has 0 saturated carbocycles. The average Bonchev–Trinajstić information content (AvgIpc) is 2.70. The van der Waals surface area contributed by atoms with Crippen LogP contribution in [-0.4, -0.2) is 75.3 Å². The van der Waals surface area contributed by atoms with E-state index >= 15 is 0 Å². The van der Waals surface area contributed by atoms with Crippen molar-refractivity contribution in [1.29, 1.82) is 0 Å². The first-order valence-electron chi connectivity index (χ1n) is 9.75. The lowest BCUT2D eigenvalue weighted by Gasteiger charge is -2.24. The van der Waals surface area contributed by atoms with E-state index in [9.17, 15) is 34.2 Å². The molecule has 0 saturated heterocycles. The SMILES string of the molecule is CC(NC(=O)C(NC(=O)C(N)CC(=O)O)C(C)O)C(=O)NC(Cc1ccccc1)C(=O)O. The van der Waals surface area contributed by atoms with Gasteiger partial charge in [-0.1, -0.05) is 30.3 Å². The number of nitrogens with two attached hydrogens (primary N) is 1. The van der Waals surface area contributed by atoms with E-state index in [0.29, 0.717) is 5.56 Å². The second kappa shape index (κ2) is 12.4. The maximum atomic E-state index is 12.5. The Labute approximate surface area is 184 Å². The Balaban J connectivity index is 2.75. The molecule has 1 rings (SSSR count). The van der Waals surface area contributed by atoms with E-state index in [1.807, 2.05) is 0 Å². The quantitative estimate of drug-likeness (QED) is 0.186. The van der Waals surface area contributed by atoms with Gasteiger partial charge in [-0.25, -0.2) is 4.79 Å². The molecule has 12 heteroatoms. The molecular weight excluding hydrogens is 424 g/mol. The van der Waals surface area contributed by atoms with Gasteiger partial charge in [-0.3, -0.25) is 19.2 Å². The van der Waals surface area contributed by atoms with E-state index in [4.69, 9.17) is 10.8 Å². The molecule has 8 N–H and O–H groups in total. The fraction of sp³-hybridized carbons (Fsp3) is 0.450. The van der Waals surface area contributed by atoms with Crippen LogP contribution in [0.5, 0.6) is 0 Å². The molecule has 0 spiro atoms. The van der Waals surface area contributed by atoms with Gasteiger partial charge in [-0.05, 0) is 19.4 Å². The van der Waals surface area contributed by atoms with Gasteiger partial charge in [0, 0.05) is 6.42 Å². The van der Waals surface area contributed by atoms with Crippen LogP contribution in [0.2, 0.25) is 0 Å². The Kier molecular flexibility index (Phi) is 10.3. The molecule has 0 fully saturated rings. The van der Waals surface area contributed by atoms with E-state index in [1.54, 1.807) is 30.3 Å². The highest BCUT2D eigenvalue weighted by Crippen LogP contribution is 2.04. The van der Waals surface area contributed by atoms with Crippen molar-refractivity contribution in [3.63, 3.8) is 0 Å². The smallest absolute Gasteiger partial charge is 0.326 e. The lowest BCUT2D eigenvalue weighted by Crippen LogP contribution is -2.59. The van der Waals surface area contributed by atoms with Crippen molar-refractivity contribution < 1.29 is 39.3 Å². The van der Waals surface area contributed by atoms with Crippen LogP contribution in [-0.2, 0) is 30.4 Å². The van der Waals surface area contributed by atoms with E-state index in [-0.39, 0.29) is 6.42 Å². The van der Waals surface area contributed by atoms with Crippen molar-refractivity contribution in [2.24, 2.45) is 5.73 Å². The Bertz CT molecular complexity index is 830. The van der Waals surface area contributed by atoms with Crippen LogP contribution in [0.1, 0.15) is 25.8 Å². The van der Waals surface area contributed by atoms with Crippen LogP contribution < -0.4 is 21.7 Å². The van der Waals surface area contributed by atoms with Crippen LogP contribution in [0.25, 0.3) is 0 Å². The monoisotopic (exact) mass is 452 g/mol. The number of nitrogens with one attached hydrogen (secondary N) is 3. The summed E-state index contributed by atoms with van der Waals surface area (Å²) in [6, 6.07) is 3.22. The van der Waals surface area contributed by atoms with Gasteiger partial charge in [0.25, 0.3) is 0 Å². The first-order valence-corrected chi connectivity index (χ1v) is 9.75. The summed E-state index contributed by atoms with van der Waals surface area (Å²) < 4.78 is 0.